The third-order valence-corrected chi connectivity index (χ3v) is 5.09. The number of benzene rings is 2. The molecule has 3 aromatic rings. The number of aromatic nitrogens is 1. The van der Waals surface area contributed by atoms with E-state index in [-0.39, 0.29) is 11.4 Å². The van der Waals surface area contributed by atoms with Crippen LogP contribution in [0.4, 0.5) is 5.82 Å². The van der Waals surface area contributed by atoms with Crippen molar-refractivity contribution in [2.75, 3.05) is 25.1 Å². The summed E-state index contributed by atoms with van der Waals surface area (Å²) >= 11 is 3.50. The summed E-state index contributed by atoms with van der Waals surface area (Å²) in [5.41, 5.74) is 1.64. The van der Waals surface area contributed by atoms with Crippen molar-refractivity contribution in [1.82, 2.24) is 5.16 Å². The number of carbonyl (C=O) groups is 1. The molecule has 34 heavy (non-hydrogen) atoms. The Morgan fingerprint density at radius 1 is 1.15 bits per heavy atom. The number of carbonyl (C=O) groups excluding carboxylic acids is 1. The van der Waals surface area contributed by atoms with Crippen LogP contribution in [0, 0.1) is 25.2 Å². The van der Waals surface area contributed by atoms with Gasteiger partial charge in [-0.1, -0.05) is 22.9 Å². The number of amides is 1. The number of aryl methyl sites for hydroxylation is 2. The number of halogens is 1. The molecule has 0 aliphatic carbocycles. The predicted molar refractivity (Wildman–Crippen MR) is 131 cm³/mol. The molecule has 0 saturated carbocycles. The van der Waals surface area contributed by atoms with Crippen LogP contribution in [0.15, 0.2) is 57.0 Å². The van der Waals surface area contributed by atoms with Crippen molar-refractivity contribution in [2.24, 2.45) is 0 Å². The largest absolute Gasteiger partial charge is 0.490 e. The summed E-state index contributed by atoms with van der Waals surface area (Å²) < 4.78 is 22.9. The second kappa shape index (κ2) is 11.9. The molecule has 0 aliphatic rings. The number of hydrogen-bond acceptors (Lipinski definition) is 7. The Kier molecular flexibility index (Phi) is 8.71. The Balaban J connectivity index is 1.71. The van der Waals surface area contributed by atoms with E-state index in [0.29, 0.717) is 47.1 Å². The lowest BCUT2D eigenvalue weighted by molar-refractivity contribution is -0.112. The molecule has 3 rings (SSSR count). The minimum atomic E-state index is -0.599. The van der Waals surface area contributed by atoms with Gasteiger partial charge in [-0.3, -0.25) is 4.79 Å². The van der Waals surface area contributed by atoms with Crippen molar-refractivity contribution in [2.45, 2.75) is 20.8 Å². The highest BCUT2D eigenvalue weighted by Gasteiger charge is 2.15. The topological polar surface area (TPSA) is 107 Å². The maximum absolute atomic E-state index is 12.5. The van der Waals surface area contributed by atoms with Gasteiger partial charge >= 0.3 is 0 Å². The standard InChI is InChI=1S/C25H24BrN3O5/c1-4-31-22-14-18(12-19(15-27)25(30)28-23-11-17(3)34-29-23)13-21(26)24(22)33-10-9-32-20-7-5-16(2)6-8-20/h5-8,11-14H,4,9-10H2,1-3H3,(H,28,29,30)/b19-12-. The first-order valence-corrected chi connectivity index (χ1v) is 11.3. The molecule has 1 amide bonds. The fourth-order valence-corrected chi connectivity index (χ4v) is 3.51. The fourth-order valence-electron chi connectivity index (χ4n) is 2.94. The van der Waals surface area contributed by atoms with Crippen molar-refractivity contribution in [1.29, 1.82) is 5.26 Å². The highest BCUT2D eigenvalue weighted by atomic mass is 79.9. The van der Waals surface area contributed by atoms with Gasteiger partial charge in [0.1, 0.15) is 36.4 Å². The zero-order valence-corrected chi connectivity index (χ0v) is 20.6. The van der Waals surface area contributed by atoms with E-state index >= 15 is 0 Å². The number of ether oxygens (including phenoxy) is 3. The Morgan fingerprint density at radius 2 is 1.88 bits per heavy atom. The highest BCUT2D eigenvalue weighted by molar-refractivity contribution is 9.10. The normalized spacial score (nSPS) is 11.0. The van der Waals surface area contributed by atoms with E-state index in [1.54, 1.807) is 25.1 Å². The molecule has 176 valence electrons. The van der Waals surface area contributed by atoms with Crippen molar-refractivity contribution in [3.8, 4) is 23.3 Å². The highest BCUT2D eigenvalue weighted by Crippen LogP contribution is 2.37. The third-order valence-electron chi connectivity index (χ3n) is 4.50. The second-order valence-electron chi connectivity index (χ2n) is 7.22. The average Bonchev–Trinajstić information content (AvgIpc) is 3.22. The predicted octanol–water partition coefficient (Wildman–Crippen LogP) is 5.46. The number of nitrogens with one attached hydrogen (secondary N) is 1. The van der Waals surface area contributed by atoms with Crippen LogP contribution < -0.4 is 19.5 Å². The number of rotatable bonds is 10. The molecule has 0 atom stereocenters. The van der Waals surface area contributed by atoms with Crippen LogP contribution in [0.25, 0.3) is 6.08 Å². The van der Waals surface area contributed by atoms with E-state index in [0.717, 1.165) is 11.3 Å². The van der Waals surface area contributed by atoms with Crippen LogP contribution in [-0.2, 0) is 4.79 Å². The lowest BCUT2D eigenvalue weighted by atomic mass is 10.1. The van der Waals surface area contributed by atoms with Crippen LogP contribution in [0.2, 0.25) is 0 Å². The van der Waals surface area contributed by atoms with E-state index in [2.05, 4.69) is 26.4 Å². The summed E-state index contributed by atoms with van der Waals surface area (Å²) in [4.78, 5) is 12.5. The molecule has 0 bridgehead atoms. The molecule has 0 spiro atoms. The molecule has 1 aromatic heterocycles. The lowest BCUT2D eigenvalue weighted by Crippen LogP contribution is -2.13. The smallest absolute Gasteiger partial charge is 0.267 e. The van der Waals surface area contributed by atoms with E-state index in [4.69, 9.17) is 18.7 Å². The maximum Gasteiger partial charge on any atom is 0.267 e. The summed E-state index contributed by atoms with van der Waals surface area (Å²) in [6.07, 6.45) is 1.46. The number of nitriles is 1. The molecular formula is C25H24BrN3O5. The molecule has 0 aliphatic heterocycles. The Hall–Kier alpha value is -3.77. The Bertz CT molecular complexity index is 1210. The first-order valence-electron chi connectivity index (χ1n) is 10.5. The van der Waals surface area contributed by atoms with Crippen LogP contribution in [0.5, 0.6) is 17.2 Å². The summed E-state index contributed by atoms with van der Waals surface area (Å²) in [6.45, 7) is 6.63. The molecule has 0 radical (unpaired) electrons. The molecule has 1 N–H and O–H groups in total. The van der Waals surface area contributed by atoms with Gasteiger partial charge in [0.25, 0.3) is 5.91 Å². The van der Waals surface area contributed by atoms with Gasteiger partial charge in [0.2, 0.25) is 0 Å². The number of hydrogen-bond donors (Lipinski definition) is 1. The van der Waals surface area contributed by atoms with Crippen LogP contribution in [0.1, 0.15) is 23.8 Å². The van der Waals surface area contributed by atoms with Crippen LogP contribution in [-0.4, -0.2) is 30.9 Å². The quantitative estimate of drug-likeness (QED) is 0.213. The fraction of sp³-hybridized carbons (Fsp3) is 0.240. The van der Waals surface area contributed by atoms with E-state index in [1.807, 2.05) is 44.2 Å². The van der Waals surface area contributed by atoms with Crippen molar-refractivity contribution < 1.29 is 23.5 Å². The first-order chi connectivity index (χ1) is 16.4. The van der Waals surface area contributed by atoms with Gasteiger partial charge in [0.15, 0.2) is 17.3 Å². The minimum Gasteiger partial charge on any atom is -0.490 e. The maximum atomic E-state index is 12.5. The lowest BCUT2D eigenvalue weighted by Gasteiger charge is -2.15. The molecule has 0 unspecified atom stereocenters. The second-order valence-corrected chi connectivity index (χ2v) is 8.07. The molecule has 0 fully saturated rings. The van der Waals surface area contributed by atoms with Gasteiger partial charge in [-0.05, 0) is 72.6 Å². The average molecular weight is 526 g/mol. The molecule has 2 aromatic carbocycles. The van der Waals surface area contributed by atoms with E-state index in [1.165, 1.54) is 6.08 Å². The van der Waals surface area contributed by atoms with Crippen molar-refractivity contribution in [3.05, 3.63) is 69.4 Å². The molecular weight excluding hydrogens is 502 g/mol. The van der Waals surface area contributed by atoms with Gasteiger partial charge in [-0.25, -0.2) is 0 Å². The number of nitrogens with zero attached hydrogens (tertiary/aromatic N) is 2. The summed E-state index contributed by atoms with van der Waals surface area (Å²) in [6, 6.07) is 14.7. The summed E-state index contributed by atoms with van der Waals surface area (Å²) in [5, 5.41) is 15.7. The van der Waals surface area contributed by atoms with Gasteiger partial charge in [-0.2, -0.15) is 5.26 Å². The van der Waals surface area contributed by atoms with Gasteiger partial charge in [0.05, 0.1) is 11.1 Å². The Labute approximate surface area is 206 Å². The van der Waals surface area contributed by atoms with Crippen LogP contribution in [0.3, 0.4) is 0 Å². The molecule has 8 nitrogen and oxygen atoms in total. The Morgan fingerprint density at radius 3 is 2.53 bits per heavy atom. The van der Waals surface area contributed by atoms with Gasteiger partial charge in [0, 0.05) is 6.07 Å². The monoisotopic (exact) mass is 525 g/mol. The SMILES string of the molecule is CCOc1cc(/C=C(/C#N)C(=O)Nc2cc(C)on2)cc(Br)c1OCCOc1ccc(C)cc1. The molecule has 1 heterocycles. The third kappa shape index (κ3) is 6.86. The van der Waals surface area contributed by atoms with E-state index in [9.17, 15) is 10.1 Å². The first kappa shape index (κ1) is 24.9. The number of anilines is 1. The minimum absolute atomic E-state index is 0.102. The van der Waals surface area contributed by atoms with Crippen molar-refractivity contribution >= 4 is 33.7 Å². The zero-order chi connectivity index (χ0) is 24.5. The van der Waals surface area contributed by atoms with Gasteiger partial charge in [-0.15, -0.1) is 0 Å². The molecule has 0 saturated heterocycles. The van der Waals surface area contributed by atoms with Crippen LogP contribution >= 0.6 is 15.9 Å². The summed E-state index contributed by atoms with van der Waals surface area (Å²) in [7, 11) is 0. The van der Waals surface area contributed by atoms with Crippen molar-refractivity contribution in [3.63, 3.8) is 0 Å². The van der Waals surface area contributed by atoms with E-state index < -0.39 is 5.91 Å². The van der Waals surface area contributed by atoms with Gasteiger partial charge < -0.3 is 24.1 Å². The zero-order valence-electron chi connectivity index (χ0n) is 19.1. The summed E-state index contributed by atoms with van der Waals surface area (Å²) in [5.74, 6) is 1.93. The molecule has 9 heteroatoms.